The van der Waals surface area contributed by atoms with Crippen LogP contribution >= 0.6 is 23.2 Å². The van der Waals surface area contributed by atoms with Crippen LogP contribution in [0.5, 0.6) is 0 Å². The topological polar surface area (TPSA) is 12.0 Å². The Labute approximate surface area is 128 Å². The van der Waals surface area contributed by atoms with Crippen molar-refractivity contribution in [3.63, 3.8) is 0 Å². The maximum absolute atomic E-state index is 13.1. The fourth-order valence-corrected chi connectivity index (χ4v) is 2.53. The van der Waals surface area contributed by atoms with Gasteiger partial charge in [-0.2, -0.15) is 0 Å². The van der Waals surface area contributed by atoms with Crippen molar-refractivity contribution in [2.24, 2.45) is 0 Å². The number of halogens is 3. The van der Waals surface area contributed by atoms with Gasteiger partial charge in [0, 0.05) is 6.04 Å². The molecule has 0 heterocycles. The van der Waals surface area contributed by atoms with E-state index in [4.69, 9.17) is 23.2 Å². The summed E-state index contributed by atoms with van der Waals surface area (Å²) < 4.78 is 13.1. The van der Waals surface area contributed by atoms with Gasteiger partial charge in [-0.05, 0) is 61.3 Å². The minimum Gasteiger partial charge on any atom is -0.313 e. The lowest BCUT2D eigenvalue weighted by atomic mass is 9.96. The number of hydrogen-bond donors (Lipinski definition) is 1. The first-order valence-electron chi connectivity index (χ1n) is 6.38. The molecule has 0 aliphatic heterocycles. The highest BCUT2D eigenvalue weighted by molar-refractivity contribution is 6.42. The molecule has 4 heteroatoms. The van der Waals surface area contributed by atoms with Crippen molar-refractivity contribution in [3.8, 4) is 0 Å². The largest absolute Gasteiger partial charge is 0.313 e. The van der Waals surface area contributed by atoms with Crippen LogP contribution < -0.4 is 5.32 Å². The van der Waals surface area contributed by atoms with E-state index in [2.05, 4.69) is 5.32 Å². The van der Waals surface area contributed by atoms with Crippen LogP contribution in [0.4, 0.5) is 4.39 Å². The van der Waals surface area contributed by atoms with Crippen molar-refractivity contribution in [3.05, 3.63) is 69.0 Å². The molecule has 1 atom stereocenters. The Hall–Kier alpha value is -1.09. The molecule has 0 amide bonds. The summed E-state index contributed by atoms with van der Waals surface area (Å²) in [6, 6.07) is 10.6. The van der Waals surface area contributed by atoms with Crippen LogP contribution in [0, 0.1) is 12.7 Å². The Morgan fingerprint density at radius 2 is 1.85 bits per heavy atom. The van der Waals surface area contributed by atoms with Crippen molar-refractivity contribution in [2.45, 2.75) is 19.4 Å². The first-order valence-corrected chi connectivity index (χ1v) is 7.14. The molecule has 0 aromatic heterocycles. The molecule has 0 saturated carbocycles. The van der Waals surface area contributed by atoms with Crippen molar-refractivity contribution >= 4 is 23.2 Å². The van der Waals surface area contributed by atoms with Gasteiger partial charge in [0.2, 0.25) is 0 Å². The molecule has 0 radical (unpaired) electrons. The van der Waals surface area contributed by atoms with E-state index >= 15 is 0 Å². The highest BCUT2D eigenvalue weighted by atomic mass is 35.5. The second kappa shape index (κ2) is 6.57. The lowest BCUT2D eigenvalue weighted by Crippen LogP contribution is -2.19. The second-order valence-corrected chi connectivity index (χ2v) is 5.60. The molecule has 2 rings (SSSR count). The molecule has 0 fully saturated rings. The summed E-state index contributed by atoms with van der Waals surface area (Å²) in [6.07, 6.45) is 0.764. The van der Waals surface area contributed by atoms with Gasteiger partial charge in [0.15, 0.2) is 0 Å². The van der Waals surface area contributed by atoms with Crippen LogP contribution in [-0.4, -0.2) is 7.05 Å². The monoisotopic (exact) mass is 311 g/mol. The maximum Gasteiger partial charge on any atom is 0.123 e. The Kier molecular flexibility index (Phi) is 5.03. The van der Waals surface area contributed by atoms with Crippen LogP contribution in [0.15, 0.2) is 36.4 Å². The summed E-state index contributed by atoms with van der Waals surface area (Å²) in [6.45, 7) is 1.92. The quantitative estimate of drug-likeness (QED) is 0.843. The lowest BCUT2D eigenvalue weighted by molar-refractivity contribution is 0.587. The van der Waals surface area contributed by atoms with Gasteiger partial charge in [0.25, 0.3) is 0 Å². The fraction of sp³-hybridized carbons (Fsp3) is 0.250. The summed E-state index contributed by atoms with van der Waals surface area (Å²) >= 11 is 12.0. The zero-order valence-corrected chi connectivity index (χ0v) is 12.9. The number of likely N-dealkylation sites (N-methyl/N-ethyl adjacent to an activating group) is 1. The molecule has 1 unspecified atom stereocenters. The van der Waals surface area contributed by atoms with Crippen LogP contribution in [-0.2, 0) is 6.42 Å². The normalized spacial score (nSPS) is 12.4. The predicted octanol–water partition coefficient (Wildman–Crippen LogP) is 4.94. The van der Waals surface area contributed by atoms with Crippen LogP contribution in [0.25, 0.3) is 0 Å². The molecular weight excluding hydrogens is 296 g/mol. The van der Waals surface area contributed by atoms with E-state index in [1.807, 2.05) is 32.2 Å². The third kappa shape index (κ3) is 3.51. The minimum absolute atomic E-state index is 0.105. The average Bonchev–Trinajstić information content (AvgIpc) is 2.41. The Morgan fingerprint density at radius 1 is 1.10 bits per heavy atom. The first kappa shape index (κ1) is 15.3. The Bertz CT molecular complexity index is 613. The van der Waals surface area contributed by atoms with Crippen LogP contribution in [0.2, 0.25) is 10.0 Å². The predicted molar refractivity (Wildman–Crippen MR) is 83.1 cm³/mol. The highest BCUT2D eigenvalue weighted by Gasteiger charge is 2.13. The van der Waals surface area contributed by atoms with Crippen molar-refractivity contribution < 1.29 is 4.39 Å². The van der Waals surface area contributed by atoms with Gasteiger partial charge >= 0.3 is 0 Å². The smallest absolute Gasteiger partial charge is 0.123 e. The summed E-state index contributed by atoms with van der Waals surface area (Å²) in [5, 5.41) is 4.35. The molecule has 0 bridgehead atoms. The molecule has 2 aromatic rings. The third-order valence-electron chi connectivity index (χ3n) is 3.42. The summed E-state index contributed by atoms with van der Waals surface area (Å²) in [7, 11) is 1.89. The number of rotatable bonds is 4. The molecule has 0 saturated heterocycles. The van der Waals surface area contributed by atoms with E-state index < -0.39 is 0 Å². The van der Waals surface area contributed by atoms with Crippen molar-refractivity contribution in [1.82, 2.24) is 5.32 Å². The van der Waals surface area contributed by atoms with E-state index in [-0.39, 0.29) is 11.9 Å². The van der Waals surface area contributed by atoms with E-state index in [0.29, 0.717) is 10.0 Å². The standard InChI is InChI=1S/C16H16Cl2FN/c1-10-7-13(19)5-3-11(10)9-16(20-2)12-4-6-14(17)15(18)8-12/h3-8,16,20H,9H2,1-2H3. The molecule has 0 aliphatic carbocycles. The molecule has 20 heavy (non-hydrogen) atoms. The molecule has 1 nitrogen and oxygen atoms in total. The van der Waals surface area contributed by atoms with Crippen LogP contribution in [0.1, 0.15) is 22.7 Å². The zero-order chi connectivity index (χ0) is 14.7. The first-order chi connectivity index (χ1) is 9.51. The average molecular weight is 312 g/mol. The second-order valence-electron chi connectivity index (χ2n) is 4.79. The molecular formula is C16H16Cl2FN. The molecule has 2 aromatic carbocycles. The maximum atomic E-state index is 13.1. The number of benzene rings is 2. The van der Waals surface area contributed by atoms with E-state index in [0.717, 1.165) is 23.1 Å². The molecule has 106 valence electrons. The molecule has 0 aliphatic rings. The highest BCUT2D eigenvalue weighted by Crippen LogP contribution is 2.27. The fourth-order valence-electron chi connectivity index (χ4n) is 2.22. The summed E-state index contributed by atoms with van der Waals surface area (Å²) in [5.74, 6) is -0.207. The van der Waals surface area contributed by atoms with Gasteiger partial charge in [-0.15, -0.1) is 0 Å². The van der Waals surface area contributed by atoms with Gasteiger partial charge in [-0.25, -0.2) is 4.39 Å². The minimum atomic E-state index is -0.207. The van der Waals surface area contributed by atoms with E-state index in [1.54, 1.807) is 12.1 Å². The molecule has 0 spiro atoms. The third-order valence-corrected chi connectivity index (χ3v) is 4.16. The zero-order valence-electron chi connectivity index (χ0n) is 11.4. The Balaban J connectivity index is 2.26. The number of aryl methyl sites for hydroxylation is 1. The van der Waals surface area contributed by atoms with Gasteiger partial charge < -0.3 is 5.32 Å². The van der Waals surface area contributed by atoms with Gasteiger partial charge in [0.1, 0.15) is 5.82 Å². The van der Waals surface area contributed by atoms with Gasteiger partial charge in [-0.3, -0.25) is 0 Å². The van der Waals surface area contributed by atoms with Crippen molar-refractivity contribution in [1.29, 1.82) is 0 Å². The van der Waals surface area contributed by atoms with E-state index in [1.165, 1.54) is 6.07 Å². The Morgan fingerprint density at radius 3 is 2.45 bits per heavy atom. The van der Waals surface area contributed by atoms with Crippen LogP contribution in [0.3, 0.4) is 0 Å². The summed E-state index contributed by atoms with van der Waals surface area (Å²) in [5.41, 5.74) is 3.12. The van der Waals surface area contributed by atoms with Crippen molar-refractivity contribution in [2.75, 3.05) is 7.05 Å². The van der Waals surface area contributed by atoms with Gasteiger partial charge in [-0.1, -0.05) is 35.3 Å². The number of hydrogen-bond acceptors (Lipinski definition) is 1. The summed E-state index contributed by atoms with van der Waals surface area (Å²) in [4.78, 5) is 0. The lowest BCUT2D eigenvalue weighted by Gasteiger charge is -2.18. The number of nitrogens with one attached hydrogen (secondary N) is 1. The van der Waals surface area contributed by atoms with Gasteiger partial charge in [0.05, 0.1) is 10.0 Å². The molecule has 1 N–H and O–H groups in total. The SMILES string of the molecule is CNC(Cc1ccc(F)cc1C)c1ccc(Cl)c(Cl)c1. The van der Waals surface area contributed by atoms with E-state index in [9.17, 15) is 4.39 Å².